The van der Waals surface area contributed by atoms with Crippen molar-refractivity contribution in [1.29, 1.82) is 0 Å². The van der Waals surface area contributed by atoms with Gasteiger partial charge in [0.1, 0.15) is 24.0 Å². The van der Waals surface area contributed by atoms with Gasteiger partial charge in [-0.25, -0.2) is 4.39 Å². The van der Waals surface area contributed by atoms with E-state index >= 15 is 0 Å². The van der Waals surface area contributed by atoms with Gasteiger partial charge in [-0.15, -0.1) is 10.2 Å². The fraction of sp³-hybridized carbons (Fsp3) is 0.360. The van der Waals surface area contributed by atoms with Gasteiger partial charge in [-0.3, -0.25) is 4.40 Å². The minimum absolute atomic E-state index is 0.245. The first-order valence-corrected chi connectivity index (χ1v) is 11.1. The number of fused-ring (bicyclic) bond motifs is 1. The van der Waals surface area contributed by atoms with E-state index in [1.54, 1.807) is 13.4 Å². The molecule has 5 rings (SSSR count). The smallest absolute Gasteiger partial charge is 0.317 e. The summed E-state index contributed by atoms with van der Waals surface area (Å²) < 4.78 is 27.8. The lowest BCUT2D eigenvalue weighted by Crippen LogP contribution is -2.06. The van der Waals surface area contributed by atoms with Crippen LogP contribution in [-0.4, -0.2) is 37.8 Å². The molecule has 0 spiro atoms. The van der Waals surface area contributed by atoms with E-state index in [4.69, 9.17) is 9.47 Å². The summed E-state index contributed by atoms with van der Waals surface area (Å²) in [6.45, 7) is 5.76. The molecular weight excluding hydrogens is 421 g/mol. The molecule has 7 nitrogen and oxygen atoms in total. The number of hydrogen-bond acceptors (Lipinski definition) is 6. The zero-order valence-corrected chi connectivity index (χ0v) is 19.2. The molecule has 4 aromatic rings. The Hall–Kier alpha value is -3.55. The molecule has 3 aromatic heterocycles. The number of aryl methyl sites for hydroxylation is 4. The van der Waals surface area contributed by atoms with E-state index in [2.05, 4.69) is 20.2 Å². The largest absolute Gasteiger partial charge is 0.496 e. The van der Waals surface area contributed by atoms with Crippen LogP contribution in [0.3, 0.4) is 0 Å². The van der Waals surface area contributed by atoms with E-state index in [0.717, 1.165) is 52.3 Å². The summed E-state index contributed by atoms with van der Waals surface area (Å²) in [5.41, 5.74) is 6.60. The fourth-order valence-corrected chi connectivity index (χ4v) is 4.24. The second-order valence-corrected chi connectivity index (χ2v) is 8.56. The Morgan fingerprint density at radius 3 is 2.52 bits per heavy atom. The van der Waals surface area contributed by atoms with Crippen molar-refractivity contribution >= 4 is 5.65 Å². The Morgan fingerprint density at radius 1 is 1.06 bits per heavy atom. The topological polar surface area (TPSA) is 74.4 Å². The van der Waals surface area contributed by atoms with Crippen molar-refractivity contribution in [2.24, 2.45) is 0 Å². The van der Waals surface area contributed by atoms with Crippen molar-refractivity contribution in [2.75, 3.05) is 7.11 Å². The summed E-state index contributed by atoms with van der Waals surface area (Å²) in [4.78, 5) is 9.14. The average molecular weight is 448 g/mol. The van der Waals surface area contributed by atoms with Crippen molar-refractivity contribution < 1.29 is 13.9 Å². The summed E-state index contributed by atoms with van der Waals surface area (Å²) in [7, 11) is 1.57. The van der Waals surface area contributed by atoms with Gasteiger partial charge in [-0.1, -0.05) is 0 Å². The predicted octanol–water partition coefficient (Wildman–Crippen LogP) is 4.59. The standard InChI is InChI=1S/C25H26FN5O2/c1-14-11-21(26)19(22(12-14)32-4)9-5-17-6-10-20(24-30-27-13-31(17)24)23-15(2)28-25(29-16(23)3)33-18-7-8-18/h6,10-13,18H,5,7-9H2,1-4H3. The van der Waals surface area contributed by atoms with Gasteiger partial charge in [0.25, 0.3) is 0 Å². The normalized spacial score (nSPS) is 13.5. The Kier molecular flexibility index (Phi) is 5.44. The highest BCUT2D eigenvalue weighted by atomic mass is 19.1. The molecule has 0 atom stereocenters. The van der Waals surface area contributed by atoms with E-state index in [0.29, 0.717) is 30.2 Å². The number of hydrogen-bond donors (Lipinski definition) is 0. The molecule has 8 heteroatoms. The van der Waals surface area contributed by atoms with Crippen LogP contribution in [-0.2, 0) is 12.8 Å². The number of pyridine rings is 1. The number of benzene rings is 1. The monoisotopic (exact) mass is 447 g/mol. The molecular formula is C25H26FN5O2. The number of methoxy groups -OCH3 is 1. The average Bonchev–Trinajstić information content (AvgIpc) is 3.43. The van der Waals surface area contributed by atoms with E-state index < -0.39 is 0 Å². The van der Waals surface area contributed by atoms with Gasteiger partial charge in [-0.2, -0.15) is 9.97 Å². The summed E-state index contributed by atoms with van der Waals surface area (Å²) in [6, 6.07) is 7.87. The van der Waals surface area contributed by atoms with Crippen LogP contribution in [0.2, 0.25) is 0 Å². The molecule has 1 saturated carbocycles. The molecule has 1 aliphatic rings. The quantitative estimate of drug-likeness (QED) is 0.413. The van der Waals surface area contributed by atoms with Crippen LogP contribution < -0.4 is 9.47 Å². The SMILES string of the molecule is COc1cc(C)cc(F)c1CCc1ccc(-c2c(C)nc(OC3CC3)nc2C)c2nncn12. The highest BCUT2D eigenvalue weighted by Crippen LogP contribution is 2.32. The minimum Gasteiger partial charge on any atom is -0.496 e. The Morgan fingerprint density at radius 2 is 1.82 bits per heavy atom. The fourth-order valence-electron chi connectivity index (χ4n) is 4.24. The molecule has 1 aromatic carbocycles. The zero-order chi connectivity index (χ0) is 23.1. The number of halogens is 1. The van der Waals surface area contributed by atoms with Crippen LogP contribution in [0.4, 0.5) is 4.39 Å². The third kappa shape index (κ3) is 4.13. The van der Waals surface area contributed by atoms with Crippen LogP contribution >= 0.6 is 0 Å². The molecule has 170 valence electrons. The van der Waals surface area contributed by atoms with Gasteiger partial charge in [0.05, 0.1) is 18.5 Å². The van der Waals surface area contributed by atoms with Crippen LogP contribution in [0.15, 0.2) is 30.6 Å². The Balaban J connectivity index is 1.48. The van der Waals surface area contributed by atoms with Crippen LogP contribution in [0.1, 0.15) is 41.1 Å². The van der Waals surface area contributed by atoms with E-state index in [-0.39, 0.29) is 11.9 Å². The third-order valence-corrected chi connectivity index (χ3v) is 6.01. The van der Waals surface area contributed by atoms with Crippen LogP contribution in [0.5, 0.6) is 11.8 Å². The minimum atomic E-state index is -0.250. The maximum absolute atomic E-state index is 14.6. The summed E-state index contributed by atoms with van der Waals surface area (Å²) >= 11 is 0. The molecule has 0 amide bonds. The van der Waals surface area contributed by atoms with Gasteiger partial charge < -0.3 is 9.47 Å². The molecule has 1 fully saturated rings. The predicted molar refractivity (Wildman–Crippen MR) is 122 cm³/mol. The lowest BCUT2D eigenvalue weighted by atomic mass is 10.0. The first kappa shape index (κ1) is 21.3. The van der Waals surface area contributed by atoms with E-state index in [1.807, 2.05) is 43.4 Å². The van der Waals surface area contributed by atoms with Crippen molar-refractivity contribution in [2.45, 2.75) is 52.6 Å². The second-order valence-electron chi connectivity index (χ2n) is 8.56. The molecule has 0 saturated heterocycles. The number of nitrogens with zero attached hydrogens (tertiary/aromatic N) is 5. The molecule has 0 N–H and O–H groups in total. The second kappa shape index (κ2) is 8.42. The highest BCUT2D eigenvalue weighted by molar-refractivity contribution is 5.80. The van der Waals surface area contributed by atoms with Gasteiger partial charge >= 0.3 is 6.01 Å². The van der Waals surface area contributed by atoms with E-state index in [9.17, 15) is 4.39 Å². The lowest BCUT2D eigenvalue weighted by Gasteiger charge is -2.14. The molecule has 0 bridgehead atoms. The molecule has 3 heterocycles. The molecule has 0 unspecified atom stereocenters. The Labute approximate surface area is 191 Å². The molecule has 33 heavy (non-hydrogen) atoms. The maximum atomic E-state index is 14.6. The van der Waals surface area contributed by atoms with Crippen LogP contribution in [0.25, 0.3) is 16.8 Å². The first-order valence-electron chi connectivity index (χ1n) is 11.1. The first-order chi connectivity index (χ1) is 15.9. The summed E-state index contributed by atoms with van der Waals surface area (Å²) in [5.74, 6) is 0.321. The summed E-state index contributed by atoms with van der Waals surface area (Å²) in [5, 5.41) is 8.50. The maximum Gasteiger partial charge on any atom is 0.317 e. The number of rotatable bonds is 7. The third-order valence-electron chi connectivity index (χ3n) is 6.01. The van der Waals surface area contributed by atoms with Crippen molar-refractivity contribution in [3.05, 3.63) is 64.6 Å². The van der Waals surface area contributed by atoms with Crippen molar-refractivity contribution in [3.63, 3.8) is 0 Å². The van der Waals surface area contributed by atoms with Gasteiger partial charge in [0.15, 0.2) is 5.65 Å². The van der Waals surface area contributed by atoms with Crippen molar-refractivity contribution in [3.8, 4) is 22.9 Å². The van der Waals surface area contributed by atoms with Gasteiger partial charge in [0.2, 0.25) is 0 Å². The van der Waals surface area contributed by atoms with Gasteiger partial charge in [-0.05, 0) is 76.3 Å². The van der Waals surface area contributed by atoms with E-state index in [1.165, 1.54) is 6.07 Å². The lowest BCUT2D eigenvalue weighted by molar-refractivity contribution is 0.277. The van der Waals surface area contributed by atoms with Crippen LogP contribution in [0, 0.1) is 26.6 Å². The molecule has 0 radical (unpaired) electrons. The van der Waals surface area contributed by atoms with Gasteiger partial charge in [0, 0.05) is 22.4 Å². The zero-order valence-electron chi connectivity index (χ0n) is 19.2. The highest BCUT2D eigenvalue weighted by Gasteiger charge is 2.26. The Bertz CT molecular complexity index is 1320. The number of ether oxygens (including phenoxy) is 2. The number of aromatic nitrogens is 5. The van der Waals surface area contributed by atoms with Crippen molar-refractivity contribution in [1.82, 2.24) is 24.6 Å². The molecule has 0 aliphatic heterocycles. The molecule has 1 aliphatic carbocycles. The summed E-state index contributed by atoms with van der Waals surface area (Å²) in [6.07, 6.45) is 5.15.